The van der Waals surface area contributed by atoms with Crippen LogP contribution in [0.3, 0.4) is 0 Å². The second-order valence-electron chi connectivity index (χ2n) is 6.43. The van der Waals surface area contributed by atoms with Crippen LogP contribution in [0.25, 0.3) is 11.3 Å². The van der Waals surface area contributed by atoms with Crippen molar-refractivity contribution in [2.24, 2.45) is 11.0 Å². The van der Waals surface area contributed by atoms with Crippen LogP contribution in [-0.2, 0) is 4.79 Å². The number of thiazole rings is 1. The van der Waals surface area contributed by atoms with Crippen LogP contribution in [0.2, 0.25) is 0 Å². The summed E-state index contributed by atoms with van der Waals surface area (Å²) in [5, 5.41) is 19.0. The van der Waals surface area contributed by atoms with Crippen LogP contribution in [-0.4, -0.2) is 22.0 Å². The number of hydrazone groups is 1. The molecule has 0 atom stereocenters. The minimum Gasteiger partial charge on any atom is -0.316 e. The van der Waals surface area contributed by atoms with Crippen molar-refractivity contribution < 1.29 is 9.72 Å². The van der Waals surface area contributed by atoms with Crippen LogP contribution >= 0.6 is 11.3 Å². The van der Waals surface area contributed by atoms with E-state index in [2.05, 4.69) is 20.8 Å². The lowest BCUT2D eigenvalue weighted by Crippen LogP contribution is -2.17. The number of carbonyl (C=O) groups excluding carboxylic acids is 1. The predicted molar refractivity (Wildman–Crippen MR) is 115 cm³/mol. The van der Waals surface area contributed by atoms with Crippen molar-refractivity contribution >= 4 is 39.3 Å². The van der Waals surface area contributed by atoms with Crippen LogP contribution in [0.5, 0.6) is 0 Å². The van der Waals surface area contributed by atoms with Gasteiger partial charge in [0.2, 0.25) is 11.0 Å². The molecule has 3 aromatic rings. The molecule has 9 heteroatoms. The molecule has 1 amide bonds. The number of nitrogens with zero attached hydrogens (tertiary/aromatic N) is 3. The molecule has 1 heterocycles. The molecular weight excluding hydrogens is 390 g/mol. The van der Waals surface area contributed by atoms with Crippen LogP contribution in [0.4, 0.5) is 15.8 Å². The standard InChI is InChI=1S/C20H19N5O3S/c1-13(2)18(26)23-19-17(15-8-4-3-5-9-15)22-20(29-19)24-21-12-14-7-6-10-16(11-14)25(27)28/h3-13H,1-2H3,(H,22,24)(H,23,26)/b21-12-. The van der Waals surface area contributed by atoms with Gasteiger partial charge in [-0.1, -0.05) is 67.6 Å². The molecule has 0 aliphatic heterocycles. The number of nitro groups is 1. The molecule has 0 saturated carbocycles. The third-order valence-corrected chi connectivity index (χ3v) is 4.77. The van der Waals surface area contributed by atoms with E-state index in [1.54, 1.807) is 12.1 Å². The lowest BCUT2D eigenvalue weighted by molar-refractivity contribution is -0.384. The fraction of sp³-hybridized carbons (Fsp3) is 0.150. The summed E-state index contributed by atoms with van der Waals surface area (Å²) in [5.41, 5.74) is 4.93. The molecule has 0 spiro atoms. The molecule has 0 fully saturated rings. The highest BCUT2D eigenvalue weighted by atomic mass is 32.1. The molecule has 1 aromatic heterocycles. The van der Waals surface area contributed by atoms with Crippen molar-refractivity contribution in [3.05, 3.63) is 70.3 Å². The monoisotopic (exact) mass is 409 g/mol. The highest BCUT2D eigenvalue weighted by molar-refractivity contribution is 7.20. The number of anilines is 2. The largest absolute Gasteiger partial charge is 0.316 e. The molecule has 0 radical (unpaired) electrons. The molecule has 2 N–H and O–H groups in total. The first-order chi connectivity index (χ1) is 13.9. The van der Waals surface area contributed by atoms with E-state index in [1.807, 2.05) is 44.2 Å². The van der Waals surface area contributed by atoms with E-state index in [0.29, 0.717) is 21.4 Å². The first kappa shape index (κ1) is 20.2. The Morgan fingerprint density at radius 2 is 1.97 bits per heavy atom. The normalized spacial score (nSPS) is 11.0. The second kappa shape index (κ2) is 9.07. The first-order valence-electron chi connectivity index (χ1n) is 8.84. The van der Waals surface area contributed by atoms with Crippen molar-refractivity contribution in [3.8, 4) is 11.3 Å². The lowest BCUT2D eigenvalue weighted by atomic mass is 10.1. The molecule has 29 heavy (non-hydrogen) atoms. The Bertz CT molecular complexity index is 1050. The molecular formula is C20H19N5O3S. The van der Waals surface area contributed by atoms with E-state index in [9.17, 15) is 14.9 Å². The minimum atomic E-state index is -0.457. The summed E-state index contributed by atoms with van der Waals surface area (Å²) in [5.74, 6) is -0.262. The quantitative estimate of drug-likeness (QED) is 0.332. The summed E-state index contributed by atoms with van der Waals surface area (Å²) in [7, 11) is 0. The zero-order valence-corrected chi connectivity index (χ0v) is 16.6. The molecule has 0 bridgehead atoms. The van der Waals surface area contributed by atoms with Gasteiger partial charge in [0.05, 0.1) is 11.1 Å². The summed E-state index contributed by atoms with van der Waals surface area (Å²) in [4.78, 5) is 27.1. The van der Waals surface area contributed by atoms with Crippen LogP contribution in [0.15, 0.2) is 59.7 Å². The maximum absolute atomic E-state index is 12.2. The molecule has 0 unspecified atom stereocenters. The third kappa shape index (κ3) is 5.23. The Morgan fingerprint density at radius 3 is 2.66 bits per heavy atom. The number of rotatable bonds is 7. The van der Waals surface area contributed by atoms with Crippen LogP contribution in [0.1, 0.15) is 19.4 Å². The molecule has 0 saturated heterocycles. The van der Waals surface area contributed by atoms with E-state index < -0.39 is 4.92 Å². The Hall–Kier alpha value is -3.59. The number of hydrogen-bond donors (Lipinski definition) is 2. The van der Waals surface area contributed by atoms with Gasteiger partial charge in [-0.2, -0.15) is 5.10 Å². The molecule has 0 aliphatic carbocycles. The average Bonchev–Trinajstić information content (AvgIpc) is 3.11. The number of aromatic nitrogens is 1. The van der Waals surface area contributed by atoms with Gasteiger partial charge in [0.15, 0.2) is 0 Å². The van der Waals surface area contributed by atoms with Crippen LogP contribution < -0.4 is 10.7 Å². The van der Waals surface area contributed by atoms with Gasteiger partial charge >= 0.3 is 0 Å². The third-order valence-electron chi connectivity index (χ3n) is 3.89. The average molecular weight is 409 g/mol. The van der Waals surface area contributed by atoms with Crippen LogP contribution in [0, 0.1) is 16.0 Å². The van der Waals surface area contributed by atoms with Gasteiger partial charge in [0.1, 0.15) is 10.7 Å². The van der Waals surface area contributed by atoms with Gasteiger partial charge in [-0.3, -0.25) is 20.3 Å². The molecule has 0 aliphatic rings. The highest BCUT2D eigenvalue weighted by Crippen LogP contribution is 2.36. The van der Waals surface area contributed by atoms with E-state index in [4.69, 9.17) is 0 Å². The number of benzene rings is 2. The summed E-state index contributed by atoms with van der Waals surface area (Å²) in [6, 6.07) is 15.7. The topological polar surface area (TPSA) is 110 Å². The van der Waals surface area contributed by atoms with Gasteiger partial charge in [0, 0.05) is 29.2 Å². The SMILES string of the molecule is CC(C)C(=O)Nc1sc(N/N=C\c2cccc([N+](=O)[O-])c2)nc1-c1ccccc1. The van der Waals surface area contributed by atoms with E-state index >= 15 is 0 Å². The Labute approximate surface area is 171 Å². The minimum absolute atomic E-state index is 0.00625. The summed E-state index contributed by atoms with van der Waals surface area (Å²) in [6.45, 7) is 3.64. The Kier molecular flexibility index (Phi) is 6.30. The number of hydrogen-bond acceptors (Lipinski definition) is 7. The number of non-ortho nitro benzene ring substituents is 1. The van der Waals surface area contributed by atoms with Gasteiger partial charge in [-0.25, -0.2) is 4.98 Å². The Balaban J connectivity index is 1.82. The van der Waals surface area contributed by atoms with Gasteiger partial charge in [-0.05, 0) is 0 Å². The lowest BCUT2D eigenvalue weighted by Gasteiger charge is -2.07. The Morgan fingerprint density at radius 1 is 1.21 bits per heavy atom. The summed E-state index contributed by atoms with van der Waals surface area (Å²) >= 11 is 1.27. The van der Waals surface area contributed by atoms with Crippen molar-refractivity contribution in [2.45, 2.75) is 13.8 Å². The maximum atomic E-state index is 12.2. The van der Waals surface area contributed by atoms with Crippen molar-refractivity contribution in [3.63, 3.8) is 0 Å². The fourth-order valence-corrected chi connectivity index (χ4v) is 3.22. The highest BCUT2D eigenvalue weighted by Gasteiger charge is 2.17. The smallest absolute Gasteiger partial charge is 0.270 e. The molecule has 8 nitrogen and oxygen atoms in total. The number of amides is 1. The van der Waals surface area contributed by atoms with Gasteiger partial charge in [-0.15, -0.1) is 0 Å². The van der Waals surface area contributed by atoms with Crippen molar-refractivity contribution in [1.29, 1.82) is 0 Å². The summed E-state index contributed by atoms with van der Waals surface area (Å²) in [6.07, 6.45) is 1.48. The maximum Gasteiger partial charge on any atom is 0.270 e. The first-order valence-corrected chi connectivity index (χ1v) is 9.66. The van der Waals surface area contributed by atoms with E-state index in [1.165, 1.54) is 29.7 Å². The number of nitro benzene ring substituents is 1. The summed E-state index contributed by atoms with van der Waals surface area (Å²) < 4.78 is 0. The van der Waals surface area contributed by atoms with Crippen molar-refractivity contribution in [2.75, 3.05) is 10.7 Å². The molecule has 148 valence electrons. The van der Waals surface area contributed by atoms with E-state index in [0.717, 1.165) is 5.56 Å². The van der Waals surface area contributed by atoms with Gasteiger partial charge < -0.3 is 5.32 Å². The molecule has 2 aromatic carbocycles. The second-order valence-corrected chi connectivity index (χ2v) is 7.43. The number of nitrogens with one attached hydrogen (secondary N) is 2. The van der Waals surface area contributed by atoms with Gasteiger partial charge in [0.25, 0.3) is 5.69 Å². The zero-order valence-electron chi connectivity index (χ0n) is 15.8. The van der Waals surface area contributed by atoms with Crippen molar-refractivity contribution in [1.82, 2.24) is 4.98 Å². The fourth-order valence-electron chi connectivity index (χ4n) is 2.38. The van der Waals surface area contributed by atoms with E-state index in [-0.39, 0.29) is 17.5 Å². The molecule has 3 rings (SSSR count). The number of carbonyl (C=O) groups is 1. The predicted octanol–water partition coefficient (Wildman–Crippen LogP) is 4.76. The zero-order chi connectivity index (χ0) is 20.8.